The van der Waals surface area contributed by atoms with Gasteiger partial charge in [-0.1, -0.05) is 114 Å². The number of sulfonamides is 3. The summed E-state index contributed by atoms with van der Waals surface area (Å²) in [5.41, 5.74) is 10.5. The Bertz CT molecular complexity index is 4980. The highest BCUT2D eigenvalue weighted by atomic mass is 35.5. The fraction of sp³-hybridized carbons (Fsp3) is 0.0806. The van der Waals surface area contributed by atoms with Gasteiger partial charge in [-0.15, -0.1) is 0 Å². The maximum Gasteiger partial charge on any atom is 0.229 e. The summed E-state index contributed by atoms with van der Waals surface area (Å²) >= 11 is 17.9. The Balaban J connectivity index is 0.000000149. The van der Waals surface area contributed by atoms with E-state index in [1.807, 2.05) is 109 Å². The van der Waals surface area contributed by atoms with Gasteiger partial charge in [0, 0.05) is 70.2 Å². The van der Waals surface area contributed by atoms with Crippen molar-refractivity contribution >= 4 is 138 Å². The summed E-state index contributed by atoms with van der Waals surface area (Å²) < 4.78 is 90.0. The number of benzene rings is 6. The van der Waals surface area contributed by atoms with Crippen molar-refractivity contribution in [3.63, 3.8) is 0 Å². The van der Waals surface area contributed by atoms with Gasteiger partial charge in [-0.25, -0.2) is 69.5 Å². The summed E-state index contributed by atoms with van der Waals surface area (Å²) in [4.78, 5) is 38.3. The molecule has 0 fully saturated rings. The molecular weight excluding hydrogens is 1270 g/mol. The number of aromatic nitrogens is 9. The van der Waals surface area contributed by atoms with Crippen LogP contribution in [0.1, 0.15) is 11.1 Å². The third-order valence-electron chi connectivity index (χ3n) is 13.0. The molecule has 0 aliphatic rings. The van der Waals surface area contributed by atoms with Gasteiger partial charge in [0.25, 0.3) is 0 Å². The van der Waals surface area contributed by atoms with Gasteiger partial charge in [0.1, 0.15) is 42.3 Å². The molecule has 28 heteroatoms. The molecule has 0 atom stereocenters. The highest BCUT2D eigenvalue weighted by Crippen LogP contribution is 2.35. The zero-order valence-electron chi connectivity index (χ0n) is 47.6. The first-order valence-corrected chi connectivity index (χ1v) is 33.6. The van der Waals surface area contributed by atoms with Gasteiger partial charge >= 0.3 is 0 Å². The average molecular weight is 1320 g/mol. The second-order valence-corrected chi connectivity index (χ2v) is 26.4. The van der Waals surface area contributed by atoms with Gasteiger partial charge in [-0.2, -0.15) is 0 Å². The van der Waals surface area contributed by atoms with E-state index in [0.29, 0.717) is 58.1 Å². The fourth-order valence-electron chi connectivity index (χ4n) is 8.99. The maximum atomic E-state index is 13.5. The van der Waals surface area contributed by atoms with E-state index in [2.05, 4.69) is 75.0 Å². The van der Waals surface area contributed by atoms with Crippen LogP contribution >= 0.6 is 34.8 Å². The summed E-state index contributed by atoms with van der Waals surface area (Å²) in [6.45, 7) is 1.27. The Labute approximate surface area is 531 Å². The Morgan fingerprint density at radius 3 is 1.26 bits per heavy atom. The lowest BCUT2D eigenvalue weighted by molar-refractivity contribution is 0.605. The second-order valence-electron chi connectivity index (χ2n) is 20.0. The van der Waals surface area contributed by atoms with Crippen LogP contribution in [0.3, 0.4) is 0 Å². The molecule has 0 spiro atoms. The van der Waals surface area contributed by atoms with Crippen molar-refractivity contribution in [1.82, 2.24) is 44.9 Å². The van der Waals surface area contributed by atoms with Crippen molar-refractivity contribution in [1.29, 1.82) is 0 Å². The minimum absolute atomic E-state index is 0.0119. The zero-order valence-corrected chi connectivity index (χ0v) is 52.3. The largest absolute Gasteiger partial charge is 0.365 e. The number of fused-ring (bicyclic) bond motifs is 3. The van der Waals surface area contributed by atoms with E-state index in [-0.39, 0.29) is 26.7 Å². The van der Waals surface area contributed by atoms with Crippen molar-refractivity contribution in [2.75, 3.05) is 48.9 Å². The van der Waals surface area contributed by atoms with E-state index in [1.165, 1.54) is 43.5 Å². The molecule has 6 heterocycles. The van der Waals surface area contributed by atoms with Crippen LogP contribution in [-0.2, 0) is 43.2 Å². The molecule has 0 saturated carbocycles. The van der Waals surface area contributed by atoms with Gasteiger partial charge in [0.05, 0.1) is 63.6 Å². The molecule has 0 unspecified atom stereocenters. The maximum absolute atomic E-state index is 13.5. The summed E-state index contributed by atoms with van der Waals surface area (Å²) in [5, 5.41) is 12.4. The third kappa shape index (κ3) is 17.1. The first-order valence-electron chi connectivity index (χ1n) is 26.8. The summed E-state index contributed by atoms with van der Waals surface area (Å²) in [6, 6.07) is 46.4. The quantitative estimate of drug-likeness (QED) is 0.0462. The Morgan fingerprint density at radius 2 is 0.822 bits per heavy atom. The van der Waals surface area contributed by atoms with E-state index in [9.17, 15) is 29.6 Å². The highest BCUT2D eigenvalue weighted by molar-refractivity contribution is 7.92. The van der Waals surface area contributed by atoms with Crippen LogP contribution in [0.4, 0.5) is 44.6 Å². The Hall–Kier alpha value is -9.76. The lowest BCUT2D eigenvalue weighted by Gasteiger charge is -2.11. The van der Waals surface area contributed by atoms with Gasteiger partial charge in [0.15, 0.2) is 10.3 Å². The van der Waals surface area contributed by atoms with Gasteiger partial charge in [0.2, 0.25) is 30.1 Å². The summed E-state index contributed by atoms with van der Waals surface area (Å²) in [6.07, 6.45) is 14.0. The molecule has 6 N–H and O–H groups in total. The number of hydrogen-bond acceptors (Lipinski definition) is 18. The van der Waals surface area contributed by atoms with Crippen molar-refractivity contribution in [3.05, 3.63) is 228 Å². The molecule has 6 aromatic heterocycles. The number of halogens is 4. The predicted molar refractivity (Wildman–Crippen MR) is 356 cm³/mol. The van der Waals surface area contributed by atoms with Crippen LogP contribution < -0.4 is 30.1 Å². The van der Waals surface area contributed by atoms with E-state index in [4.69, 9.17) is 34.8 Å². The van der Waals surface area contributed by atoms with Crippen molar-refractivity contribution in [3.8, 4) is 33.4 Å². The van der Waals surface area contributed by atoms with Crippen molar-refractivity contribution < 1.29 is 29.6 Å². The van der Waals surface area contributed by atoms with Gasteiger partial charge < -0.3 is 16.0 Å². The Morgan fingerprint density at radius 1 is 0.400 bits per heavy atom. The predicted octanol–water partition coefficient (Wildman–Crippen LogP) is 13.3. The molecule has 0 aliphatic heterocycles. The van der Waals surface area contributed by atoms with E-state index in [1.54, 1.807) is 42.7 Å². The zero-order chi connectivity index (χ0) is 63.6. The average Bonchev–Trinajstić information content (AvgIpc) is 0.855. The van der Waals surface area contributed by atoms with Crippen LogP contribution in [0.15, 0.2) is 195 Å². The lowest BCUT2D eigenvalue weighted by Crippen LogP contribution is -2.10. The number of hydrogen-bond donors (Lipinski definition) is 6. The smallest absolute Gasteiger partial charge is 0.229 e. The number of rotatable bonds is 17. The highest BCUT2D eigenvalue weighted by Gasteiger charge is 2.16. The minimum atomic E-state index is -3.52. The van der Waals surface area contributed by atoms with Crippen LogP contribution in [0.5, 0.6) is 0 Å². The number of anilines is 7. The van der Waals surface area contributed by atoms with Crippen molar-refractivity contribution in [2.24, 2.45) is 0 Å². The topological polar surface area (TPSA) is 291 Å². The number of nitrogens with one attached hydrogen (secondary N) is 6. The normalized spacial score (nSPS) is 11.4. The number of pyridine rings is 3. The first-order chi connectivity index (χ1) is 43.1. The van der Waals surface area contributed by atoms with E-state index >= 15 is 0 Å². The molecule has 21 nitrogen and oxygen atoms in total. The van der Waals surface area contributed by atoms with Gasteiger partial charge in [-0.05, 0) is 101 Å². The summed E-state index contributed by atoms with van der Waals surface area (Å²) in [5.74, 6) is 1.42. The van der Waals surface area contributed by atoms with Crippen LogP contribution in [0, 0.1) is 5.82 Å². The van der Waals surface area contributed by atoms with Crippen molar-refractivity contribution in [2.45, 2.75) is 13.1 Å². The molecule has 12 rings (SSSR count). The number of nitrogens with zero attached hydrogens (tertiary/aromatic N) is 9. The molecule has 0 amide bonds. The molecule has 456 valence electrons. The molecule has 12 aromatic rings. The molecule has 90 heavy (non-hydrogen) atoms. The fourth-order valence-corrected chi connectivity index (χ4v) is 11.2. The van der Waals surface area contributed by atoms with E-state index in [0.717, 1.165) is 79.8 Å². The molecule has 0 radical (unpaired) electrons. The molecule has 0 bridgehead atoms. The Kier molecular flexibility index (Phi) is 19.5. The second kappa shape index (κ2) is 27.7. The molecule has 0 saturated heterocycles. The van der Waals surface area contributed by atoms with Crippen LogP contribution in [-0.4, -0.2) is 88.9 Å². The first kappa shape index (κ1) is 63.3. The van der Waals surface area contributed by atoms with E-state index < -0.39 is 35.9 Å². The lowest BCUT2D eigenvalue weighted by atomic mass is 10.0. The minimum Gasteiger partial charge on any atom is -0.365 e. The molecular formula is C62H51Cl3FN15O6S3. The standard InChI is InChI=1S/C21H18ClN5O2S.C21H19N5O2S.C20H14Cl2FN5O2S/c1-30(28,29)27-19-10-16(12-23-20(19)22)15-7-8-18-17(9-15)21(26-13-25-18)24-11-14-5-3-2-4-6-14;1-29(27,28)26-18-9-17(12-22-13-18)16-7-8-20-19(10-16)21(25-14-24-20)23-11-15-5-3-2-4-6-15;1-31(29,30)28-18-7-12(9-24-19(18)22)11-2-5-17-14(6-11)20(26-10-25-17)27-13-3-4-16(23)15(21)8-13/h2-10,12-13,27H,11H2,1H3,(H,24,25,26);2-10,12-14,26H,11H2,1H3,(H,23,24,25);2-10,28H,1H3,(H,25,26,27). The summed E-state index contributed by atoms with van der Waals surface area (Å²) in [7, 11) is -10.4. The molecule has 0 aliphatic carbocycles. The van der Waals surface area contributed by atoms with Gasteiger partial charge in [-0.3, -0.25) is 19.2 Å². The van der Waals surface area contributed by atoms with Crippen LogP contribution in [0.25, 0.3) is 66.1 Å². The SMILES string of the molecule is CS(=O)(=O)Nc1cc(-c2ccc3ncnc(NCc4ccccc4)c3c2)cnc1Cl.CS(=O)(=O)Nc1cc(-c2ccc3ncnc(Nc4ccc(F)c(Cl)c4)c3c2)cnc1Cl.CS(=O)(=O)Nc1cncc(-c2ccc3ncnc(NCc4ccccc4)c3c2)c1. The monoisotopic (exact) mass is 1320 g/mol. The van der Waals surface area contributed by atoms with Crippen LogP contribution in [0.2, 0.25) is 15.3 Å². The third-order valence-corrected chi connectivity index (χ3v) is 15.7. The molecule has 6 aromatic carbocycles.